The van der Waals surface area contributed by atoms with Crippen LogP contribution in [0, 0.1) is 0 Å². The predicted octanol–water partition coefficient (Wildman–Crippen LogP) is 3.26. The molecule has 0 radical (unpaired) electrons. The highest BCUT2D eigenvalue weighted by atomic mass is 35.5. The Labute approximate surface area is 127 Å². The first kappa shape index (κ1) is 13.8. The first-order valence-electron chi connectivity index (χ1n) is 6.59. The van der Waals surface area contributed by atoms with Gasteiger partial charge in [0.05, 0.1) is 17.5 Å². The molecular weight excluding hydrogens is 290 g/mol. The van der Waals surface area contributed by atoms with Crippen LogP contribution in [0.5, 0.6) is 5.75 Å². The molecular formula is C16H14ClNO3. The quantitative estimate of drug-likeness (QED) is 0.698. The number of benzene rings is 2. The molecule has 21 heavy (non-hydrogen) atoms. The number of fused-ring (bicyclic) bond motifs is 1. The van der Waals surface area contributed by atoms with Gasteiger partial charge in [0.2, 0.25) is 0 Å². The van der Waals surface area contributed by atoms with E-state index in [1.165, 1.54) is 0 Å². The number of esters is 1. The molecule has 108 valence electrons. The van der Waals surface area contributed by atoms with Crippen molar-refractivity contribution in [2.75, 3.05) is 18.9 Å². The Balaban J connectivity index is 1.70. The van der Waals surface area contributed by atoms with Crippen LogP contribution < -0.4 is 10.5 Å². The van der Waals surface area contributed by atoms with E-state index in [1.54, 1.807) is 18.2 Å². The fourth-order valence-electron chi connectivity index (χ4n) is 2.37. The van der Waals surface area contributed by atoms with Gasteiger partial charge >= 0.3 is 5.97 Å². The molecule has 0 saturated heterocycles. The van der Waals surface area contributed by atoms with Gasteiger partial charge in [-0.3, -0.25) is 0 Å². The SMILES string of the molecule is Nc1cccc(Cl)c1C(=O)OCC1COc2ccccc21. The minimum absolute atomic E-state index is 0.0360. The number of anilines is 1. The van der Waals surface area contributed by atoms with E-state index < -0.39 is 5.97 Å². The molecule has 2 aromatic rings. The van der Waals surface area contributed by atoms with Crippen LogP contribution >= 0.6 is 11.6 Å². The summed E-state index contributed by atoms with van der Waals surface area (Å²) in [7, 11) is 0. The van der Waals surface area contributed by atoms with Gasteiger partial charge in [-0.2, -0.15) is 0 Å². The van der Waals surface area contributed by atoms with Crippen molar-refractivity contribution in [2.24, 2.45) is 0 Å². The summed E-state index contributed by atoms with van der Waals surface area (Å²) < 4.78 is 10.9. The Morgan fingerprint density at radius 2 is 2.10 bits per heavy atom. The lowest BCUT2D eigenvalue weighted by Crippen LogP contribution is -2.15. The van der Waals surface area contributed by atoms with Gasteiger partial charge in [0.1, 0.15) is 17.9 Å². The summed E-state index contributed by atoms with van der Waals surface area (Å²) in [5.74, 6) is 0.368. The van der Waals surface area contributed by atoms with Crippen molar-refractivity contribution in [3.8, 4) is 5.75 Å². The van der Waals surface area contributed by atoms with Gasteiger partial charge < -0.3 is 15.2 Å². The number of rotatable bonds is 3. The van der Waals surface area contributed by atoms with E-state index in [-0.39, 0.29) is 18.1 Å². The second kappa shape index (κ2) is 5.66. The Hall–Kier alpha value is -2.20. The van der Waals surface area contributed by atoms with Crippen LogP contribution in [0.3, 0.4) is 0 Å². The first-order valence-corrected chi connectivity index (χ1v) is 6.97. The van der Waals surface area contributed by atoms with Gasteiger partial charge in [0, 0.05) is 11.3 Å². The van der Waals surface area contributed by atoms with Crippen LogP contribution in [0.1, 0.15) is 21.8 Å². The Kier molecular flexibility index (Phi) is 3.71. The van der Waals surface area contributed by atoms with E-state index >= 15 is 0 Å². The summed E-state index contributed by atoms with van der Waals surface area (Å²) in [5.41, 5.74) is 7.36. The zero-order valence-corrected chi connectivity index (χ0v) is 12.0. The maximum atomic E-state index is 12.1. The maximum absolute atomic E-state index is 12.1. The molecule has 1 heterocycles. The van der Waals surface area contributed by atoms with Crippen molar-refractivity contribution in [3.05, 3.63) is 58.6 Å². The highest BCUT2D eigenvalue weighted by Gasteiger charge is 2.26. The van der Waals surface area contributed by atoms with Crippen LogP contribution in [-0.4, -0.2) is 19.2 Å². The van der Waals surface area contributed by atoms with E-state index in [0.717, 1.165) is 11.3 Å². The highest BCUT2D eigenvalue weighted by Crippen LogP contribution is 2.34. The molecule has 4 nitrogen and oxygen atoms in total. The second-order valence-corrected chi connectivity index (χ2v) is 5.26. The minimum atomic E-state index is -0.512. The Morgan fingerprint density at radius 1 is 1.29 bits per heavy atom. The van der Waals surface area contributed by atoms with Gasteiger partial charge in [-0.25, -0.2) is 4.79 Å². The lowest BCUT2D eigenvalue weighted by molar-refractivity contribution is 0.0472. The van der Waals surface area contributed by atoms with Crippen LogP contribution in [0.2, 0.25) is 5.02 Å². The normalized spacial score (nSPS) is 16.1. The molecule has 2 N–H and O–H groups in total. The Morgan fingerprint density at radius 3 is 2.90 bits per heavy atom. The summed E-state index contributed by atoms with van der Waals surface area (Å²) in [6.07, 6.45) is 0. The summed E-state index contributed by atoms with van der Waals surface area (Å²) in [6, 6.07) is 12.7. The molecule has 0 aliphatic carbocycles. The zero-order chi connectivity index (χ0) is 14.8. The Bertz CT molecular complexity index is 667. The number of hydrogen-bond acceptors (Lipinski definition) is 4. The fourth-order valence-corrected chi connectivity index (χ4v) is 2.63. The van der Waals surface area contributed by atoms with E-state index in [4.69, 9.17) is 26.8 Å². The minimum Gasteiger partial charge on any atom is -0.493 e. The average Bonchev–Trinajstić information content (AvgIpc) is 2.88. The first-order chi connectivity index (χ1) is 10.2. The van der Waals surface area contributed by atoms with Crippen molar-refractivity contribution < 1.29 is 14.3 Å². The van der Waals surface area contributed by atoms with Crippen LogP contribution in [0.4, 0.5) is 5.69 Å². The van der Waals surface area contributed by atoms with E-state index in [9.17, 15) is 4.79 Å². The third-order valence-corrected chi connectivity index (χ3v) is 3.78. The maximum Gasteiger partial charge on any atom is 0.341 e. The molecule has 0 amide bonds. The van der Waals surface area contributed by atoms with Crippen LogP contribution in [0.25, 0.3) is 0 Å². The van der Waals surface area contributed by atoms with E-state index in [2.05, 4.69) is 0 Å². The van der Waals surface area contributed by atoms with Crippen LogP contribution in [-0.2, 0) is 4.74 Å². The molecule has 0 bridgehead atoms. The summed E-state index contributed by atoms with van der Waals surface area (Å²) in [5, 5.41) is 0.295. The lowest BCUT2D eigenvalue weighted by Gasteiger charge is -2.12. The summed E-state index contributed by atoms with van der Waals surface area (Å²) >= 11 is 6.00. The second-order valence-electron chi connectivity index (χ2n) is 4.85. The molecule has 3 rings (SSSR count). The number of carbonyl (C=O) groups is 1. The highest BCUT2D eigenvalue weighted by molar-refractivity contribution is 6.34. The molecule has 1 atom stereocenters. The van der Waals surface area contributed by atoms with Gasteiger partial charge in [0.25, 0.3) is 0 Å². The van der Waals surface area contributed by atoms with Gasteiger partial charge in [-0.05, 0) is 18.2 Å². The molecule has 0 saturated carbocycles. The summed E-state index contributed by atoms with van der Waals surface area (Å²) in [6.45, 7) is 0.741. The van der Waals surface area contributed by atoms with E-state index in [1.807, 2.05) is 24.3 Å². The average molecular weight is 304 g/mol. The monoisotopic (exact) mass is 303 g/mol. The molecule has 1 unspecified atom stereocenters. The fraction of sp³-hybridized carbons (Fsp3) is 0.188. The molecule has 0 spiro atoms. The molecule has 1 aliphatic heterocycles. The van der Waals surface area contributed by atoms with Crippen molar-refractivity contribution >= 4 is 23.3 Å². The van der Waals surface area contributed by atoms with Crippen molar-refractivity contribution in [1.29, 1.82) is 0 Å². The number of halogens is 1. The molecule has 1 aliphatic rings. The van der Waals surface area contributed by atoms with Gasteiger partial charge in [-0.1, -0.05) is 35.9 Å². The van der Waals surface area contributed by atoms with Gasteiger partial charge in [-0.15, -0.1) is 0 Å². The van der Waals surface area contributed by atoms with Crippen LogP contribution in [0.15, 0.2) is 42.5 Å². The molecule has 0 aromatic heterocycles. The number of para-hydroxylation sites is 1. The lowest BCUT2D eigenvalue weighted by atomic mass is 10.0. The number of ether oxygens (including phenoxy) is 2. The number of nitrogens with two attached hydrogens (primary N) is 1. The number of nitrogen functional groups attached to an aromatic ring is 1. The smallest absolute Gasteiger partial charge is 0.341 e. The number of carbonyl (C=O) groups excluding carboxylic acids is 1. The van der Waals surface area contributed by atoms with Gasteiger partial charge in [0.15, 0.2) is 0 Å². The van der Waals surface area contributed by atoms with E-state index in [0.29, 0.717) is 17.3 Å². The van der Waals surface area contributed by atoms with Crippen molar-refractivity contribution in [2.45, 2.75) is 5.92 Å². The molecule has 5 heteroatoms. The summed E-state index contributed by atoms with van der Waals surface area (Å²) in [4.78, 5) is 12.1. The topological polar surface area (TPSA) is 61.6 Å². The largest absolute Gasteiger partial charge is 0.493 e. The number of hydrogen-bond donors (Lipinski definition) is 1. The zero-order valence-electron chi connectivity index (χ0n) is 11.2. The van der Waals surface area contributed by atoms with Crippen molar-refractivity contribution in [1.82, 2.24) is 0 Å². The third kappa shape index (κ3) is 2.67. The predicted molar refractivity (Wildman–Crippen MR) is 80.8 cm³/mol. The standard InChI is InChI=1S/C16H14ClNO3/c17-12-5-3-6-13(18)15(12)16(19)21-9-10-8-20-14-7-2-1-4-11(10)14/h1-7,10H,8-9,18H2. The third-order valence-electron chi connectivity index (χ3n) is 3.46. The molecule has 2 aromatic carbocycles. The van der Waals surface area contributed by atoms with Crippen molar-refractivity contribution in [3.63, 3.8) is 0 Å². The molecule has 0 fully saturated rings.